The molecule has 0 spiro atoms. The van der Waals surface area contributed by atoms with Gasteiger partial charge < -0.3 is 10.1 Å². The molecule has 1 N–H and O–H groups in total. The molecular formula is C17H19ClFNO. The van der Waals surface area contributed by atoms with Crippen molar-refractivity contribution in [3.05, 3.63) is 64.4 Å². The van der Waals surface area contributed by atoms with Gasteiger partial charge >= 0.3 is 0 Å². The molecule has 112 valence electrons. The van der Waals surface area contributed by atoms with Crippen molar-refractivity contribution in [2.45, 2.75) is 33.0 Å². The molecule has 0 unspecified atom stereocenters. The van der Waals surface area contributed by atoms with Crippen LogP contribution < -0.4 is 10.1 Å². The van der Waals surface area contributed by atoms with Gasteiger partial charge in [0.05, 0.1) is 5.02 Å². The normalized spacial score (nSPS) is 10.9. The van der Waals surface area contributed by atoms with Gasteiger partial charge in [0.15, 0.2) is 0 Å². The highest BCUT2D eigenvalue weighted by atomic mass is 35.5. The van der Waals surface area contributed by atoms with Gasteiger partial charge in [0, 0.05) is 18.2 Å². The van der Waals surface area contributed by atoms with Crippen molar-refractivity contribution < 1.29 is 9.13 Å². The third-order valence-electron chi connectivity index (χ3n) is 3.04. The Kier molecular flexibility index (Phi) is 5.59. The lowest BCUT2D eigenvalue weighted by atomic mass is 10.1. The minimum absolute atomic E-state index is 0.158. The zero-order valence-corrected chi connectivity index (χ0v) is 13.0. The summed E-state index contributed by atoms with van der Waals surface area (Å²) in [6.07, 6.45) is 0. The third-order valence-corrected chi connectivity index (χ3v) is 3.36. The summed E-state index contributed by atoms with van der Waals surface area (Å²) in [5, 5.41) is 3.83. The van der Waals surface area contributed by atoms with Crippen LogP contribution in [0.4, 0.5) is 4.39 Å². The molecule has 0 saturated carbocycles. The Bertz CT molecular complexity index is 601. The lowest BCUT2D eigenvalue weighted by Crippen LogP contribution is -2.21. The lowest BCUT2D eigenvalue weighted by molar-refractivity contribution is 0.300. The summed E-state index contributed by atoms with van der Waals surface area (Å²) in [7, 11) is 0. The Hall–Kier alpha value is -1.58. The third kappa shape index (κ3) is 4.73. The Labute approximate surface area is 129 Å². The van der Waals surface area contributed by atoms with E-state index in [1.54, 1.807) is 18.2 Å². The predicted octanol–water partition coefficient (Wildman–Crippen LogP) is 4.56. The van der Waals surface area contributed by atoms with Crippen LogP contribution in [0.2, 0.25) is 5.02 Å². The maximum absolute atomic E-state index is 13.8. The molecule has 21 heavy (non-hydrogen) atoms. The fourth-order valence-corrected chi connectivity index (χ4v) is 2.08. The number of ether oxygens (including phenoxy) is 1. The number of para-hydroxylation sites is 1. The zero-order chi connectivity index (χ0) is 15.2. The molecule has 0 amide bonds. The van der Waals surface area contributed by atoms with Gasteiger partial charge in [-0.15, -0.1) is 0 Å². The maximum atomic E-state index is 13.8. The number of hydrogen-bond donors (Lipinski definition) is 1. The van der Waals surface area contributed by atoms with E-state index in [9.17, 15) is 4.39 Å². The molecular weight excluding hydrogens is 289 g/mol. The smallest absolute Gasteiger partial charge is 0.138 e. The molecule has 0 aliphatic rings. The summed E-state index contributed by atoms with van der Waals surface area (Å²) < 4.78 is 19.4. The van der Waals surface area contributed by atoms with Gasteiger partial charge in [-0.25, -0.2) is 4.39 Å². The van der Waals surface area contributed by atoms with E-state index < -0.39 is 0 Å². The molecule has 0 aliphatic heterocycles. The van der Waals surface area contributed by atoms with E-state index in [0.717, 1.165) is 5.56 Å². The minimum Gasteiger partial charge on any atom is -0.487 e. The average Bonchev–Trinajstić information content (AvgIpc) is 2.46. The van der Waals surface area contributed by atoms with Crippen LogP contribution in [0.1, 0.15) is 25.0 Å². The van der Waals surface area contributed by atoms with Crippen LogP contribution >= 0.6 is 11.6 Å². The first-order chi connectivity index (χ1) is 10.1. The monoisotopic (exact) mass is 307 g/mol. The highest BCUT2D eigenvalue weighted by molar-refractivity contribution is 6.32. The average molecular weight is 308 g/mol. The first-order valence-corrected chi connectivity index (χ1v) is 7.32. The lowest BCUT2D eigenvalue weighted by Gasteiger charge is -2.12. The Balaban J connectivity index is 2.05. The standard InChI is InChI=1S/C17H19ClFNO/c1-12(2)20-10-13-7-8-16(19)14(9-13)11-21-17-6-4-3-5-15(17)18/h3-9,12,20H,10-11H2,1-2H3. The molecule has 2 aromatic rings. The first kappa shape index (κ1) is 15.8. The molecule has 0 radical (unpaired) electrons. The highest BCUT2D eigenvalue weighted by Gasteiger charge is 2.07. The molecule has 0 atom stereocenters. The second-order valence-electron chi connectivity index (χ2n) is 5.18. The Morgan fingerprint density at radius 2 is 1.95 bits per heavy atom. The van der Waals surface area contributed by atoms with Crippen molar-refractivity contribution in [1.82, 2.24) is 5.32 Å². The van der Waals surface area contributed by atoms with E-state index in [1.165, 1.54) is 6.07 Å². The fourth-order valence-electron chi connectivity index (χ4n) is 1.89. The molecule has 2 rings (SSSR count). The quantitative estimate of drug-likeness (QED) is 0.845. The maximum Gasteiger partial charge on any atom is 0.138 e. The van der Waals surface area contributed by atoms with Crippen LogP contribution in [0.25, 0.3) is 0 Å². The zero-order valence-electron chi connectivity index (χ0n) is 12.2. The largest absolute Gasteiger partial charge is 0.487 e. The van der Waals surface area contributed by atoms with Crippen LogP contribution in [0.3, 0.4) is 0 Å². The van der Waals surface area contributed by atoms with Gasteiger partial charge in [-0.2, -0.15) is 0 Å². The molecule has 0 aliphatic carbocycles. The van der Waals surface area contributed by atoms with Crippen molar-refractivity contribution in [3.8, 4) is 5.75 Å². The van der Waals surface area contributed by atoms with Gasteiger partial charge in [-0.1, -0.05) is 43.6 Å². The summed E-state index contributed by atoms with van der Waals surface area (Å²) in [5.74, 6) is 0.291. The molecule has 0 aromatic heterocycles. The Morgan fingerprint density at radius 3 is 2.67 bits per heavy atom. The molecule has 4 heteroatoms. The van der Waals surface area contributed by atoms with E-state index in [2.05, 4.69) is 19.2 Å². The summed E-state index contributed by atoms with van der Waals surface area (Å²) >= 11 is 6.02. The molecule has 0 bridgehead atoms. The van der Waals surface area contributed by atoms with E-state index in [-0.39, 0.29) is 12.4 Å². The fraction of sp³-hybridized carbons (Fsp3) is 0.294. The van der Waals surface area contributed by atoms with E-state index >= 15 is 0 Å². The van der Waals surface area contributed by atoms with Crippen LogP contribution in [0, 0.1) is 5.82 Å². The number of nitrogens with one attached hydrogen (secondary N) is 1. The number of rotatable bonds is 6. The molecule has 0 saturated heterocycles. The number of halogens is 2. The van der Waals surface area contributed by atoms with Crippen LogP contribution in [-0.4, -0.2) is 6.04 Å². The van der Waals surface area contributed by atoms with Crippen molar-refractivity contribution in [3.63, 3.8) is 0 Å². The SMILES string of the molecule is CC(C)NCc1ccc(F)c(COc2ccccc2Cl)c1. The molecule has 2 nitrogen and oxygen atoms in total. The van der Waals surface area contributed by atoms with E-state index in [4.69, 9.17) is 16.3 Å². The summed E-state index contributed by atoms with van der Waals surface area (Å²) in [5.41, 5.74) is 1.56. The summed E-state index contributed by atoms with van der Waals surface area (Å²) in [6, 6.07) is 12.6. The van der Waals surface area contributed by atoms with E-state index in [1.807, 2.05) is 18.2 Å². The van der Waals surface area contributed by atoms with Crippen molar-refractivity contribution in [1.29, 1.82) is 0 Å². The van der Waals surface area contributed by atoms with E-state index in [0.29, 0.717) is 28.9 Å². The van der Waals surface area contributed by atoms with Crippen molar-refractivity contribution in [2.24, 2.45) is 0 Å². The second kappa shape index (κ2) is 7.43. The topological polar surface area (TPSA) is 21.3 Å². The van der Waals surface area contributed by atoms with Crippen LogP contribution in [-0.2, 0) is 13.2 Å². The number of benzene rings is 2. The van der Waals surface area contributed by atoms with Gasteiger partial charge in [0.25, 0.3) is 0 Å². The van der Waals surface area contributed by atoms with Crippen LogP contribution in [0.15, 0.2) is 42.5 Å². The minimum atomic E-state index is -0.268. The van der Waals surface area contributed by atoms with Gasteiger partial charge in [-0.3, -0.25) is 0 Å². The highest BCUT2D eigenvalue weighted by Crippen LogP contribution is 2.24. The molecule has 0 heterocycles. The van der Waals surface area contributed by atoms with Crippen LogP contribution in [0.5, 0.6) is 5.75 Å². The van der Waals surface area contributed by atoms with Gasteiger partial charge in [0.2, 0.25) is 0 Å². The predicted molar refractivity (Wildman–Crippen MR) is 84.2 cm³/mol. The van der Waals surface area contributed by atoms with Crippen molar-refractivity contribution >= 4 is 11.6 Å². The Morgan fingerprint density at radius 1 is 1.19 bits per heavy atom. The van der Waals surface area contributed by atoms with Gasteiger partial charge in [0.1, 0.15) is 18.2 Å². The van der Waals surface area contributed by atoms with Crippen molar-refractivity contribution in [2.75, 3.05) is 0 Å². The van der Waals surface area contributed by atoms with Gasteiger partial charge in [-0.05, 0) is 29.8 Å². The molecule has 0 fully saturated rings. The summed E-state index contributed by atoms with van der Waals surface area (Å²) in [4.78, 5) is 0. The molecule has 2 aromatic carbocycles. The second-order valence-corrected chi connectivity index (χ2v) is 5.59. The number of hydrogen-bond acceptors (Lipinski definition) is 2. The summed E-state index contributed by atoms with van der Waals surface area (Å²) in [6.45, 7) is 5.01. The first-order valence-electron chi connectivity index (χ1n) is 6.94.